The van der Waals surface area contributed by atoms with E-state index in [9.17, 15) is 0 Å². The quantitative estimate of drug-likeness (QED) is 0.680. The molecule has 2 aromatic carbocycles. The Kier molecular flexibility index (Phi) is 4.49. The predicted octanol–water partition coefficient (Wildman–Crippen LogP) is 4.28. The zero-order chi connectivity index (χ0) is 14.3. The van der Waals surface area contributed by atoms with E-state index in [1.165, 1.54) is 11.1 Å². The predicted molar refractivity (Wildman–Crippen MR) is 86.0 cm³/mol. The monoisotopic (exact) mass is 277 g/mol. The summed E-state index contributed by atoms with van der Waals surface area (Å²) >= 11 is 0. The lowest BCUT2D eigenvalue weighted by molar-refractivity contribution is 0.582. The van der Waals surface area contributed by atoms with Crippen molar-refractivity contribution in [2.45, 2.75) is 13.0 Å². The van der Waals surface area contributed by atoms with Gasteiger partial charge in [-0.1, -0.05) is 54.6 Å². The largest absolute Gasteiger partial charge is 0.464 e. The Morgan fingerprint density at radius 1 is 0.762 bits per heavy atom. The minimum atomic E-state index is 0.894. The first kappa shape index (κ1) is 13.7. The molecule has 21 heavy (non-hydrogen) atoms. The van der Waals surface area contributed by atoms with Gasteiger partial charge in [-0.05, 0) is 36.2 Å². The normalized spacial score (nSPS) is 10.7. The van der Waals surface area contributed by atoms with Gasteiger partial charge in [-0.15, -0.1) is 0 Å². The van der Waals surface area contributed by atoms with Crippen LogP contribution in [0.25, 0.3) is 11.3 Å². The van der Waals surface area contributed by atoms with E-state index in [2.05, 4.69) is 59.9 Å². The molecule has 0 fully saturated rings. The maximum absolute atomic E-state index is 5.39. The van der Waals surface area contributed by atoms with E-state index in [1.807, 2.05) is 12.1 Å². The van der Waals surface area contributed by atoms with E-state index < -0.39 is 0 Å². The molecule has 1 heterocycles. The third-order valence-corrected chi connectivity index (χ3v) is 3.52. The van der Waals surface area contributed by atoms with Gasteiger partial charge in [0.15, 0.2) is 0 Å². The van der Waals surface area contributed by atoms with Crippen LogP contribution in [-0.2, 0) is 13.0 Å². The van der Waals surface area contributed by atoms with Crippen molar-refractivity contribution in [1.29, 1.82) is 0 Å². The van der Waals surface area contributed by atoms with Gasteiger partial charge in [-0.3, -0.25) is 0 Å². The van der Waals surface area contributed by atoms with E-state index in [4.69, 9.17) is 4.42 Å². The maximum atomic E-state index is 5.39. The summed E-state index contributed by atoms with van der Waals surface area (Å²) in [5, 5.41) is 3.48. The molecule has 0 atom stereocenters. The Balaban J connectivity index is 1.47. The minimum absolute atomic E-state index is 0.894. The molecule has 1 N–H and O–H groups in total. The smallest absolute Gasteiger partial charge is 0.133 e. The summed E-state index contributed by atoms with van der Waals surface area (Å²) in [7, 11) is 0. The standard InChI is InChI=1S/C19H19NO/c1-2-5-16(6-3-1)12-13-20-15-17-8-10-18(11-9-17)19-7-4-14-21-19/h1-11,14,20H,12-13,15H2. The lowest BCUT2D eigenvalue weighted by atomic mass is 10.1. The summed E-state index contributed by atoms with van der Waals surface area (Å²) in [6.45, 7) is 1.88. The molecule has 1 aromatic heterocycles. The summed E-state index contributed by atoms with van der Waals surface area (Å²) in [6, 6.07) is 22.9. The number of benzene rings is 2. The molecule has 2 nitrogen and oxygen atoms in total. The fourth-order valence-electron chi connectivity index (χ4n) is 2.34. The molecule has 0 unspecified atom stereocenters. The second kappa shape index (κ2) is 6.91. The summed E-state index contributed by atoms with van der Waals surface area (Å²) in [6.07, 6.45) is 2.76. The van der Waals surface area contributed by atoms with Crippen molar-refractivity contribution in [1.82, 2.24) is 5.32 Å². The molecule has 0 saturated heterocycles. The Labute approximate surface area is 125 Å². The van der Waals surface area contributed by atoms with Crippen molar-refractivity contribution in [2.75, 3.05) is 6.54 Å². The third-order valence-electron chi connectivity index (χ3n) is 3.52. The van der Waals surface area contributed by atoms with Gasteiger partial charge in [0.25, 0.3) is 0 Å². The van der Waals surface area contributed by atoms with Gasteiger partial charge in [0.2, 0.25) is 0 Å². The first-order chi connectivity index (χ1) is 10.4. The van der Waals surface area contributed by atoms with E-state index in [0.29, 0.717) is 0 Å². The first-order valence-corrected chi connectivity index (χ1v) is 7.29. The van der Waals surface area contributed by atoms with Gasteiger partial charge < -0.3 is 9.73 Å². The van der Waals surface area contributed by atoms with Crippen molar-refractivity contribution >= 4 is 0 Å². The molecule has 3 aromatic rings. The van der Waals surface area contributed by atoms with Gasteiger partial charge >= 0.3 is 0 Å². The van der Waals surface area contributed by atoms with E-state index >= 15 is 0 Å². The van der Waals surface area contributed by atoms with Crippen LogP contribution in [0.4, 0.5) is 0 Å². The second-order valence-corrected chi connectivity index (χ2v) is 5.09. The molecule has 3 rings (SSSR count). The number of nitrogens with one attached hydrogen (secondary N) is 1. The fourth-order valence-corrected chi connectivity index (χ4v) is 2.34. The topological polar surface area (TPSA) is 25.2 Å². The van der Waals surface area contributed by atoms with Crippen molar-refractivity contribution in [2.24, 2.45) is 0 Å². The van der Waals surface area contributed by atoms with Gasteiger partial charge in [-0.25, -0.2) is 0 Å². The molecule has 0 aliphatic rings. The molecule has 0 amide bonds. The van der Waals surface area contributed by atoms with E-state index in [-0.39, 0.29) is 0 Å². The van der Waals surface area contributed by atoms with Crippen LogP contribution in [0, 0.1) is 0 Å². The molecule has 106 valence electrons. The molecule has 0 spiro atoms. The minimum Gasteiger partial charge on any atom is -0.464 e. The Morgan fingerprint density at radius 3 is 2.29 bits per heavy atom. The highest BCUT2D eigenvalue weighted by molar-refractivity contribution is 5.57. The molecule has 0 aliphatic carbocycles. The number of hydrogen-bond acceptors (Lipinski definition) is 2. The molecule has 0 aliphatic heterocycles. The summed E-state index contributed by atoms with van der Waals surface area (Å²) in [5.41, 5.74) is 3.78. The van der Waals surface area contributed by atoms with Crippen LogP contribution in [0.3, 0.4) is 0 Å². The average Bonchev–Trinajstić information content (AvgIpc) is 3.08. The van der Waals surface area contributed by atoms with E-state index in [1.54, 1.807) is 6.26 Å². The Bertz CT molecular complexity index is 642. The lowest BCUT2D eigenvalue weighted by Crippen LogP contribution is -2.16. The lowest BCUT2D eigenvalue weighted by Gasteiger charge is -2.06. The van der Waals surface area contributed by atoms with Gasteiger partial charge in [-0.2, -0.15) is 0 Å². The highest BCUT2D eigenvalue weighted by atomic mass is 16.3. The maximum Gasteiger partial charge on any atom is 0.133 e. The molecule has 0 radical (unpaired) electrons. The van der Waals surface area contributed by atoms with Crippen molar-refractivity contribution in [3.05, 3.63) is 84.1 Å². The summed E-state index contributed by atoms with van der Waals surface area (Å²) in [4.78, 5) is 0. The zero-order valence-corrected chi connectivity index (χ0v) is 12.0. The van der Waals surface area contributed by atoms with Crippen molar-refractivity contribution in [3.63, 3.8) is 0 Å². The molecular formula is C19H19NO. The van der Waals surface area contributed by atoms with Crippen LogP contribution in [0.15, 0.2) is 77.4 Å². The summed E-state index contributed by atoms with van der Waals surface area (Å²) in [5.74, 6) is 0.915. The highest BCUT2D eigenvalue weighted by Crippen LogP contribution is 2.19. The Hall–Kier alpha value is -2.32. The third kappa shape index (κ3) is 3.83. The van der Waals surface area contributed by atoms with Crippen LogP contribution in [0.1, 0.15) is 11.1 Å². The first-order valence-electron chi connectivity index (χ1n) is 7.29. The van der Waals surface area contributed by atoms with Crippen LogP contribution in [0.5, 0.6) is 0 Å². The molecule has 0 bridgehead atoms. The second-order valence-electron chi connectivity index (χ2n) is 5.09. The van der Waals surface area contributed by atoms with Crippen LogP contribution < -0.4 is 5.32 Å². The zero-order valence-electron chi connectivity index (χ0n) is 12.0. The van der Waals surface area contributed by atoms with E-state index in [0.717, 1.165) is 30.8 Å². The van der Waals surface area contributed by atoms with Gasteiger partial charge in [0, 0.05) is 12.1 Å². The van der Waals surface area contributed by atoms with Gasteiger partial charge in [0.05, 0.1) is 6.26 Å². The van der Waals surface area contributed by atoms with Crippen LogP contribution >= 0.6 is 0 Å². The molecule has 0 saturated carbocycles. The number of hydrogen-bond donors (Lipinski definition) is 1. The summed E-state index contributed by atoms with van der Waals surface area (Å²) < 4.78 is 5.39. The van der Waals surface area contributed by atoms with Gasteiger partial charge in [0.1, 0.15) is 5.76 Å². The molecular weight excluding hydrogens is 258 g/mol. The number of furan rings is 1. The van der Waals surface area contributed by atoms with Crippen molar-refractivity contribution in [3.8, 4) is 11.3 Å². The fraction of sp³-hybridized carbons (Fsp3) is 0.158. The van der Waals surface area contributed by atoms with Crippen molar-refractivity contribution < 1.29 is 4.42 Å². The van der Waals surface area contributed by atoms with Crippen LogP contribution in [0.2, 0.25) is 0 Å². The number of rotatable bonds is 6. The highest BCUT2D eigenvalue weighted by Gasteiger charge is 2.00. The Morgan fingerprint density at radius 2 is 1.57 bits per heavy atom. The average molecular weight is 277 g/mol. The molecule has 2 heteroatoms. The van der Waals surface area contributed by atoms with Crippen LogP contribution in [-0.4, -0.2) is 6.54 Å². The SMILES string of the molecule is c1ccc(CCNCc2ccc(-c3ccco3)cc2)cc1.